The summed E-state index contributed by atoms with van der Waals surface area (Å²) in [5, 5.41) is 10.7. The lowest BCUT2D eigenvalue weighted by molar-refractivity contribution is -0.385. The third-order valence-corrected chi connectivity index (χ3v) is 2.08. The number of nitrogens with zero attached hydrogens (tertiary/aromatic N) is 2. The van der Waals surface area contributed by atoms with Crippen LogP contribution in [0.2, 0.25) is 0 Å². The summed E-state index contributed by atoms with van der Waals surface area (Å²) >= 11 is 0. The van der Waals surface area contributed by atoms with Crippen molar-refractivity contribution in [2.24, 2.45) is 0 Å². The van der Waals surface area contributed by atoms with Crippen molar-refractivity contribution >= 4 is 11.8 Å². The van der Waals surface area contributed by atoms with E-state index in [1.807, 2.05) is 0 Å². The van der Waals surface area contributed by atoms with Crippen LogP contribution in [-0.2, 0) is 4.74 Å². The summed E-state index contributed by atoms with van der Waals surface area (Å²) in [6, 6.07) is 2.04. The number of aromatic nitrogens is 1. The molecule has 0 unspecified atom stereocenters. The monoisotopic (exact) mass is 254 g/mol. The Morgan fingerprint density at radius 2 is 1.94 bits per heavy atom. The third-order valence-electron chi connectivity index (χ3n) is 2.08. The summed E-state index contributed by atoms with van der Waals surface area (Å²) in [6.07, 6.45) is -0.923. The van der Waals surface area contributed by atoms with E-state index in [2.05, 4.69) is 0 Å². The standard InChI is InChI=1S/C11H14N2O5/c1-7-8(13(16)17)5-6-9(14)12(7)10(15)18-11(2,3)4/h5-6H,1-4H3. The molecule has 0 radical (unpaired) electrons. The zero-order valence-corrected chi connectivity index (χ0v) is 10.6. The van der Waals surface area contributed by atoms with Gasteiger partial charge in [0.1, 0.15) is 11.3 Å². The minimum atomic E-state index is -0.923. The molecule has 7 nitrogen and oxygen atoms in total. The molecule has 1 rings (SSSR count). The van der Waals surface area contributed by atoms with Crippen LogP contribution in [0.3, 0.4) is 0 Å². The van der Waals surface area contributed by atoms with Gasteiger partial charge in [-0.15, -0.1) is 0 Å². The molecule has 0 fully saturated rings. The smallest absolute Gasteiger partial charge is 0.421 e. The molecule has 0 aromatic carbocycles. The van der Waals surface area contributed by atoms with E-state index < -0.39 is 22.2 Å². The molecule has 1 aromatic heterocycles. The maximum absolute atomic E-state index is 11.8. The molecule has 0 bridgehead atoms. The molecule has 0 amide bonds. The van der Waals surface area contributed by atoms with Gasteiger partial charge in [0.05, 0.1) is 4.92 Å². The molecule has 1 heterocycles. The average Bonchev–Trinajstić information content (AvgIpc) is 2.13. The van der Waals surface area contributed by atoms with E-state index in [1.165, 1.54) is 6.92 Å². The molecule has 1 aromatic rings. The second-order valence-corrected chi connectivity index (χ2v) is 4.72. The van der Waals surface area contributed by atoms with E-state index in [-0.39, 0.29) is 11.4 Å². The quantitative estimate of drug-likeness (QED) is 0.563. The zero-order valence-electron chi connectivity index (χ0n) is 10.6. The first kappa shape index (κ1) is 13.9. The number of ether oxygens (including phenoxy) is 1. The number of carbonyl (C=O) groups excluding carboxylic acids is 1. The molecular formula is C11H14N2O5. The Morgan fingerprint density at radius 1 is 1.39 bits per heavy atom. The van der Waals surface area contributed by atoms with E-state index in [9.17, 15) is 19.7 Å². The van der Waals surface area contributed by atoms with E-state index in [1.54, 1.807) is 20.8 Å². The van der Waals surface area contributed by atoms with E-state index in [0.717, 1.165) is 12.1 Å². The topological polar surface area (TPSA) is 91.4 Å². The van der Waals surface area contributed by atoms with Crippen LogP contribution in [0.5, 0.6) is 0 Å². The van der Waals surface area contributed by atoms with Crippen molar-refractivity contribution in [2.75, 3.05) is 0 Å². The molecule has 0 aliphatic carbocycles. The molecule has 0 N–H and O–H groups in total. The lowest BCUT2D eigenvalue weighted by Gasteiger charge is -2.20. The molecule has 0 atom stereocenters. The van der Waals surface area contributed by atoms with Gasteiger partial charge < -0.3 is 4.74 Å². The average molecular weight is 254 g/mol. The Balaban J connectivity index is 3.32. The maximum Gasteiger partial charge on any atom is 0.421 e. The minimum absolute atomic E-state index is 0.0539. The van der Waals surface area contributed by atoms with E-state index >= 15 is 0 Å². The number of pyridine rings is 1. The van der Waals surface area contributed by atoms with Gasteiger partial charge in [0.2, 0.25) is 0 Å². The second-order valence-electron chi connectivity index (χ2n) is 4.72. The van der Waals surface area contributed by atoms with Crippen LogP contribution >= 0.6 is 0 Å². The first-order chi connectivity index (χ1) is 8.13. The summed E-state index contributed by atoms with van der Waals surface area (Å²) in [4.78, 5) is 33.5. The summed E-state index contributed by atoms with van der Waals surface area (Å²) in [6.45, 7) is 6.25. The van der Waals surface area contributed by atoms with Crippen molar-refractivity contribution in [3.63, 3.8) is 0 Å². The van der Waals surface area contributed by atoms with Crippen LogP contribution in [-0.4, -0.2) is 21.2 Å². The van der Waals surface area contributed by atoms with Crippen molar-refractivity contribution in [3.05, 3.63) is 38.3 Å². The van der Waals surface area contributed by atoms with Crippen molar-refractivity contribution in [2.45, 2.75) is 33.3 Å². The predicted octanol–water partition coefficient (Wildman–Crippen LogP) is 1.85. The molecule has 0 saturated heterocycles. The SMILES string of the molecule is Cc1c([N+](=O)[O-])ccc(=O)n1C(=O)OC(C)(C)C. The molecule has 0 saturated carbocycles. The van der Waals surface area contributed by atoms with Crippen molar-refractivity contribution in [1.82, 2.24) is 4.57 Å². The van der Waals surface area contributed by atoms with Gasteiger partial charge in [-0.25, -0.2) is 9.36 Å². The van der Waals surface area contributed by atoms with Crippen molar-refractivity contribution in [1.29, 1.82) is 0 Å². The lowest BCUT2D eigenvalue weighted by atomic mass is 10.2. The Kier molecular flexibility index (Phi) is 3.54. The lowest BCUT2D eigenvalue weighted by Crippen LogP contribution is -2.34. The number of hydrogen-bond acceptors (Lipinski definition) is 5. The first-order valence-electron chi connectivity index (χ1n) is 5.24. The Hall–Kier alpha value is -2.18. The van der Waals surface area contributed by atoms with Crippen molar-refractivity contribution in [3.8, 4) is 0 Å². The minimum Gasteiger partial charge on any atom is -0.443 e. The van der Waals surface area contributed by atoms with Crippen LogP contribution in [0.4, 0.5) is 10.5 Å². The van der Waals surface area contributed by atoms with Crippen LogP contribution < -0.4 is 5.56 Å². The molecule has 7 heteroatoms. The molecule has 18 heavy (non-hydrogen) atoms. The van der Waals surface area contributed by atoms with Gasteiger partial charge in [-0.3, -0.25) is 14.9 Å². The Labute approximate surface area is 103 Å². The molecule has 98 valence electrons. The van der Waals surface area contributed by atoms with Gasteiger partial charge in [0, 0.05) is 12.1 Å². The fourth-order valence-electron chi connectivity index (χ4n) is 1.35. The molecule has 0 aliphatic heterocycles. The van der Waals surface area contributed by atoms with E-state index in [4.69, 9.17) is 4.74 Å². The van der Waals surface area contributed by atoms with Gasteiger partial charge in [-0.05, 0) is 27.7 Å². The normalized spacial score (nSPS) is 11.1. The van der Waals surface area contributed by atoms with Gasteiger partial charge >= 0.3 is 6.09 Å². The molecule has 0 aliphatic rings. The highest BCUT2D eigenvalue weighted by Gasteiger charge is 2.23. The van der Waals surface area contributed by atoms with E-state index in [0.29, 0.717) is 4.57 Å². The summed E-state index contributed by atoms with van der Waals surface area (Å²) < 4.78 is 5.68. The van der Waals surface area contributed by atoms with Crippen LogP contribution in [0.1, 0.15) is 26.5 Å². The summed E-state index contributed by atoms with van der Waals surface area (Å²) in [5.74, 6) is 0. The highest BCUT2D eigenvalue weighted by molar-refractivity contribution is 5.72. The zero-order chi connectivity index (χ0) is 14.1. The van der Waals surface area contributed by atoms with Gasteiger partial charge in [0.15, 0.2) is 0 Å². The number of carbonyl (C=O) groups is 1. The Morgan fingerprint density at radius 3 is 2.39 bits per heavy atom. The molecular weight excluding hydrogens is 240 g/mol. The maximum atomic E-state index is 11.8. The summed E-state index contributed by atoms with van der Waals surface area (Å²) in [5.41, 5.74) is -1.80. The van der Waals surface area contributed by atoms with Crippen LogP contribution in [0, 0.1) is 17.0 Å². The largest absolute Gasteiger partial charge is 0.443 e. The fraction of sp³-hybridized carbons (Fsp3) is 0.455. The first-order valence-corrected chi connectivity index (χ1v) is 5.24. The highest BCUT2D eigenvalue weighted by atomic mass is 16.6. The summed E-state index contributed by atoms with van der Waals surface area (Å²) in [7, 11) is 0. The highest BCUT2D eigenvalue weighted by Crippen LogP contribution is 2.16. The third kappa shape index (κ3) is 2.93. The van der Waals surface area contributed by atoms with Gasteiger partial charge in [-0.1, -0.05) is 0 Å². The van der Waals surface area contributed by atoms with Gasteiger partial charge in [-0.2, -0.15) is 0 Å². The fourth-order valence-corrected chi connectivity index (χ4v) is 1.35. The van der Waals surface area contributed by atoms with Crippen molar-refractivity contribution < 1.29 is 14.5 Å². The second kappa shape index (κ2) is 4.59. The number of hydrogen-bond donors (Lipinski definition) is 0. The number of rotatable bonds is 1. The van der Waals surface area contributed by atoms with Crippen LogP contribution in [0.25, 0.3) is 0 Å². The van der Waals surface area contributed by atoms with Crippen LogP contribution in [0.15, 0.2) is 16.9 Å². The van der Waals surface area contributed by atoms with Gasteiger partial charge in [0.25, 0.3) is 11.2 Å². The predicted molar refractivity (Wildman–Crippen MR) is 63.7 cm³/mol. The molecule has 0 spiro atoms. The Bertz CT molecular complexity index is 554. The number of nitro groups is 1.